The third-order valence-electron chi connectivity index (χ3n) is 4.38. The van der Waals surface area contributed by atoms with Gasteiger partial charge in [-0.1, -0.05) is 12.1 Å². The Bertz CT molecular complexity index is 864. The van der Waals surface area contributed by atoms with Crippen molar-refractivity contribution in [2.75, 3.05) is 7.11 Å². The number of aromatic amines is 1. The summed E-state index contributed by atoms with van der Waals surface area (Å²) in [7, 11) is 1.70. The molecule has 1 heterocycles. The van der Waals surface area contributed by atoms with E-state index in [2.05, 4.69) is 32.6 Å². The molecule has 0 atom stereocenters. The van der Waals surface area contributed by atoms with Crippen molar-refractivity contribution in [3.05, 3.63) is 59.4 Å². The number of aromatic nitrogens is 2. The molecule has 0 aliphatic heterocycles. The van der Waals surface area contributed by atoms with Crippen molar-refractivity contribution in [2.24, 2.45) is 5.10 Å². The van der Waals surface area contributed by atoms with E-state index in [1.54, 1.807) is 7.11 Å². The molecule has 0 radical (unpaired) electrons. The largest absolute Gasteiger partial charge is 0.497 e. The van der Waals surface area contributed by atoms with E-state index in [1.807, 2.05) is 30.3 Å². The molecule has 0 spiro atoms. The van der Waals surface area contributed by atoms with Crippen molar-refractivity contribution < 1.29 is 4.74 Å². The number of rotatable bonds is 4. The third kappa shape index (κ3) is 2.85. The fourth-order valence-corrected chi connectivity index (χ4v) is 3.18. The number of benzene rings is 2. The fraction of sp³-hybridized carbons (Fsp3) is 0.263. The van der Waals surface area contributed by atoms with Gasteiger partial charge in [-0.25, -0.2) is 4.98 Å². The second kappa shape index (κ2) is 6.35. The zero-order chi connectivity index (χ0) is 16.4. The zero-order valence-corrected chi connectivity index (χ0v) is 13.7. The van der Waals surface area contributed by atoms with Crippen molar-refractivity contribution in [1.82, 2.24) is 15.4 Å². The predicted molar refractivity (Wildman–Crippen MR) is 95.4 cm³/mol. The number of nitrogens with one attached hydrogen (secondary N) is 2. The summed E-state index contributed by atoms with van der Waals surface area (Å²) in [5.74, 6) is 1.80. The highest BCUT2D eigenvalue weighted by Crippen LogP contribution is 2.25. The van der Waals surface area contributed by atoms with Crippen LogP contribution in [0, 0.1) is 0 Å². The molecule has 0 amide bonds. The van der Waals surface area contributed by atoms with Gasteiger partial charge in [-0.15, -0.1) is 0 Å². The summed E-state index contributed by atoms with van der Waals surface area (Å²) in [6.07, 6.45) is 3.19. The van der Waals surface area contributed by atoms with Crippen molar-refractivity contribution in [2.45, 2.75) is 25.8 Å². The molecule has 1 aliphatic rings. The molecule has 0 bridgehead atoms. The molecule has 0 saturated heterocycles. The lowest BCUT2D eigenvalue weighted by molar-refractivity contribution is 0.414. The molecule has 0 fully saturated rings. The average Bonchev–Trinajstić information content (AvgIpc) is 3.04. The van der Waals surface area contributed by atoms with Crippen molar-refractivity contribution in [1.29, 1.82) is 0 Å². The molecule has 1 aromatic heterocycles. The topological polar surface area (TPSA) is 62.3 Å². The maximum absolute atomic E-state index is 5.32. The monoisotopic (exact) mass is 320 g/mol. The summed E-state index contributed by atoms with van der Waals surface area (Å²) >= 11 is 0. The minimum absolute atomic E-state index is 0.587. The molecule has 1 aliphatic carbocycles. The SMILES string of the molecule is COc1ccc2c(c1)CCC/C2=N\NCc1nc2ccccc2[nH]1. The number of hydrogen-bond donors (Lipinski definition) is 2. The number of H-pyrrole nitrogens is 1. The van der Waals surface area contributed by atoms with Crippen molar-refractivity contribution in [3.8, 4) is 5.75 Å². The van der Waals surface area contributed by atoms with Crippen molar-refractivity contribution in [3.63, 3.8) is 0 Å². The Morgan fingerprint density at radius 1 is 1.21 bits per heavy atom. The van der Waals surface area contributed by atoms with Crippen LogP contribution in [0.3, 0.4) is 0 Å². The third-order valence-corrected chi connectivity index (χ3v) is 4.38. The number of para-hydroxylation sites is 2. The quantitative estimate of drug-likeness (QED) is 0.724. The minimum atomic E-state index is 0.587. The molecular formula is C19H20N4O. The maximum Gasteiger partial charge on any atom is 0.128 e. The summed E-state index contributed by atoms with van der Waals surface area (Å²) < 4.78 is 5.32. The number of ether oxygens (including phenoxy) is 1. The van der Waals surface area contributed by atoms with Crippen LogP contribution in [0.4, 0.5) is 0 Å². The van der Waals surface area contributed by atoms with Gasteiger partial charge in [0.05, 0.1) is 30.4 Å². The molecule has 0 unspecified atom stereocenters. The van der Waals surface area contributed by atoms with E-state index >= 15 is 0 Å². The van der Waals surface area contributed by atoms with E-state index in [4.69, 9.17) is 4.74 Å². The van der Waals surface area contributed by atoms with E-state index in [-0.39, 0.29) is 0 Å². The first-order chi connectivity index (χ1) is 11.8. The second-order valence-electron chi connectivity index (χ2n) is 5.97. The minimum Gasteiger partial charge on any atom is -0.497 e. The van der Waals surface area contributed by atoms with Crippen LogP contribution in [0.1, 0.15) is 29.8 Å². The van der Waals surface area contributed by atoms with Gasteiger partial charge in [0.25, 0.3) is 0 Å². The van der Waals surface area contributed by atoms with Crippen LogP contribution in [0.25, 0.3) is 11.0 Å². The summed E-state index contributed by atoms with van der Waals surface area (Å²) in [5, 5.41) is 4.61. The van der Waals surface area contributed by atoms with Crippen LogP contribution in [-0.2, 0) is 13.0 Å². The highest BCUT2D eigenvalue weighted by Gasteiger charge is 2.16. The number of nitrogens with zero attached hydrogens (tertiary/aromatic N) is 2. The Morgan fingerprint density at radius 3 is 3.00 bits per heavy atom. The van der Waals surface area contributed by atoms with Crippen LogP contribution in [0.15, 0.2) is 47.6 Å². The van der Waals surface area contributed by atoms with Crippen LogP contribution in [0.5, 0.6) is 5.75 Å². The second-order valence-corrected chi connectivity index (χ2v) is 5.97. The summed E-state index contributed by atoms with van der Waals surface area (Å²) in [5.41, 5.74) is 8.84. The normalized spacial score (nSPS) is 15.5. The van der Waals surface area contributed by atoms with Gasteiger partial charge in [0.2, 0.25) is 0 Å². The number of imidazole rings is 1. The van der Waals surface area contributed by atoms with Crippen LogP contribution >= 0.6 is 0 Å². The van der Waals surface area contributed by atoms with Gasteiger partial charge >= 0.3 is 0 Å². The van der Waals surface area contributed by atoms with Gasteiger partial charge in [0.1, 0.15) is 11.6 Å². The lowest BCUT2D eigenvalue weighted by Gasteiger charge is -2.18. The van der Waals surface area contributed by atoms with Gasteiger partial charge in [-0.05, 0) is 55.2 Å². The molecule has 5 nitrogen and oxygen atoms in total. The number of aryl methyl sites for hydroxylation is 1. The van der Waals surface area contributed by atoms with E-state index in [0.717, 1.165) is 47.6 Å². The van der Waals surface area contributed by atoms with E-state index in [9.17, 15) is 0 Å². The highest BCUT2D eigenvalue weighted by molar-refractivity contribution is 6.02. The maximum atomic E-state index is 5.32. The van der Waals surface area contributed by atoms with Gasteiger partial charge in [0.15, 0.2) is 0 Å². The Hall–Kier alpha value is -2.82. The van der Waals surface area contributed by atoms with Crippen molar-refractivity contribution >= 4 is 16.7 Å². The van der Waals surface area contributed by atoms with Crippen LogP contribution in [-0.4, -0.2) is 22.8 Å². The van der Waals surface area contributed by atoms with Crippen LogP contribution < -0.4 is 10.2 Å². The molecule has 4 rings (SSSR count). The van der Waals surface area contributed by atoms with Gasteiger partial charge < -0.3 is 15.1 Å². The summed E-state index contributed by atoms with van der Waals surface area (Å²) in [4.78, 5) is 7.87. The lowest BCUT2D eigenvalue weighted by atomic mass is 9.90. The molecule has 2 N–H and O–H groups in total. The van der Waals surface area contributed by atoms with Gasteiger partial charge in [-0.3, -0.25) is 0 Å². The Morgan fingerprint density at radius 2 is 2.12 bits per heavy atom. The lowest BCUT2D eigenvalue weighted by Crippen LogP contribution is -2.17. The predicted octanol–water partition coefficient (Wildman–Crippen LogP) is 3.40. The smallest absolute Gasteiger partial charge is 0.128 e. The van der Waals surface area contributed by atoms with Gasteiger partial charge in [-0.2, -0.15) is 5.10 Å². The number of fused-ring (bicyclic) bond motifs is 2. The first kappa shape index (κ1) is 14.8. The Labute approximate surface area is 140 Å². The Balaban J connectivity index is 1.50. The summed E-state index contributed by atoms with van der Waals surface area (Å²) in [6, 6.07) is 14.3. The zero-order valence-electron chi connectivity index (χ0n) is 13.7. The molecule has 24 heavy (non-hydrogen) atoms. The number of hydrogen-bond acceptors (Lipinski definition) is 4. The molecule has 2 aromatic carbocycles. The van der Waals surface area contributed by atoms with E-state index in [1.165, 1.54) is 11.1 Å². The molecule has 0 saturated carbocycles. The standard InChI is InChI=1S/C19H20N4O/c1-24-14-9-10-15-13(11-14)5-4-8-16(15)23-20-12-19-21-17-6-2-3-7-18(17)22-19/h2-3,6-7,9-11,20H,4-5,8,12H2,1H3,(H,21,22)/b23-16+. The summed E-state index contributed by atoms with van der Waals surface area (Å²) in [6.45, 7) is 0.587. The molecular weight excluding hydrogens is 300 g/mol. The molecule has 5 heteroatoms. The first-order valence-electron chi connectivity index (χ1n) is 8.24. The van der Waals surface area contributed by atoms with E-state index in [0.29, 0.717) is 6.54 Å². The van der Waals surface area contributed by atoms with Crippen LogP contribution in [0.2, 0.25) is 0 Å². The molecule has 122 valence electrons. The highest BCUT2D eigenvalue weighted by atomic mass is 16.5. The number of methoxy groups -OCH3 is 1. The average molecular weight is 320 g/mol. The van der Waals surface area contributed by atoms with E-state index < -0.39 is 0 Å². The fourth-order valence-electron chi connectivity index (χ4n) is 3.18. The Kier molecular flexibility index (Phi) is 3.91. The first-order valence-corrected chi connectivity index (χ1v) is 8.24. The van der Waals surface area contributed by atoms with Gasteiger partial charge in [0, 0.05) is 5.56 Å². The number of hydrazone groups is 1. The molecule has 3 aromatic rings.